The van der Waals surface area contributed by atoms with Gasteiger partial charge >= 0.3 is 5.97 Å². The molecular weight excluding hydrogens is 186 g/mol. The Morgan fingerprint density at radius 2 is 2.38 bits per heavy atom. The smallest absolute Gasteiger partial charge is 0.321 e. The number of carboxylic acid groups (broad SMARTS) is 1. The molecule has 0 aromatic rings. The average molecular weight is 203 g/mol. The zero-order valence-electron chi connectivity index (χ0n) is 8.19. The lowest BCUT2D eigenvalue weighted by molar-refractivity contribution is -0.143. The molecule has 76 valence electrons. The monoisotopic (exact) mass is 203 g/mol. The van der Waals surface area contributed by atoms with Gasteiger partial charge in [0.05, 0.1) is 0 Å². The fourth-order valence-corrected chi connectivity index (χ4v) is 2.30. The number of thioether (sulfide) groups is 1. The third kappa shape index (κ3) is 2.61. The normalized spacial score (nSPS) is 29.4. The molecule has 0 aromatic heterocycles. The molecule has 13 heavy (non-hydrogen) atoms. The molecule has 2 unspecified atom stereocenters. The molecule has 0 radical (unpaired) electrons. The SMILES string of the molecule is CSCCN1CCC(C)C1C(=O)O. The molecule has 1 fully saturated rings. The highest BCUT2D eigenvalue weighted by atomic mass is 32.2. The molecule has 0 aromatic carbocycles. The Bertz CT molecular complexity index is 186. The van der Waals surface area contributed by atoms with E-state index in [1.807, 2.05) is 6.92 Å². The van der Waals surface area contributed by atoms with Crippen LogP contribution in [0.5, 0.6) is 0 Å². The summed E-state index contributed by atoms with van der Waals surface area (Å²) < 4.78 is 0. The number of carboxylic acids is 1. The van der Waals surface area contributed by atoms with E-state index in [4.69, 9.17) is 5.11 Å². The maximum atomic E-state index is 10.9. The molecule has 0 saturated carbocycles. The van der Waals surface area contributed by atoms with Crippen molar-refractivity contribution in [2.24, 2.45) is 5.92 Å². The third-order valence-corrected chi connectivity index (χ3v) is 3.23. The Kier molecular flexibility index (Phi) is 4.06. The second kappa shape index (κ2) is 4.86. The molecule has 0 bridgehead atoms. The van der Waals surface area contributed by atoms with Crippen LogP contribution in [0.1, 0.15) is 13.3 Å². The van der Waals surface area contributed by atoms with Gasteiger partial charge in [0.15, 0.2) is 0 Å². The summed E-state index contributed by atoms with van der Waals surface area (Å²) >= 11 is 1.77. The van der Waals surface area contributed by atoms with Crippen LogP contribution in [-0.4, -0.2) is 47.1 Å². The van der Waals surface area contributed by atoms with E-state index in [-0.39, 0.29) is 6.04 Å². The highest BCUT2D eigenvalue weighted by Crippen LogP contribution is 2.23. The first kappa shape index (κ1) is 10.9. The van der Waals surface area contributed by atoms with Crippen molar-refractivity contribution in [2.45, 2.75) is 19.4 Å². The van der Waals surface area contributed by atoms with E-state index in [2.05, 4.69) is 11.2 Å². The average Bonchev–Trinajstić information content (AvgIpc) is 2.43. The molecule has 1 aliphatic heterocycles. The van der Waals surface area contributed by atoms with Gasteiger partial charge in [-0.3, -0.25) is 9.69 Å². The number of aliphatic carboxylic acids is 1. The van der Waals surface area contributed by atoms with Gasteiger partial charge < -0.3 is 5.11 Å². The van der Waals surface area contributed by atoms with Crippen molar-refractivity contribution < 1.29 is 9.90 Å². The van der Waals surface area contributed by atoms with Crippen LogP contribution in [0.3, 0.4) is 0 Å². The molecular formula is C9H17NO2S. The van der Waals surface area contributed by atoms with Crippen LogP contribution in [0.25, 0.3) is 0 Å². The summed E-state index contributed by atoms with van der Waals surface area (Å²) in [6, 6.07) is -0.243. The maximum Gasteiger partial charge on any atom is 0.321 e. The van der Waals surface area contributed by atoms with Crippen LogP contribution in [0.4, 0.5) is 0 Å². The topological polar surface area (TPSA) is 40.5 Å². The predicted molar refractivity (Wildman–Crippen MR) is 55.2 cm³/mol. The Morgan fingerprint density at radius 1 is 1.69 bits per heavy atom. The van der Waals surface area contributed by atoms with Gasteiger partial charge in [-0.05, 0) is 25.1 Å². The summed E-state index contributed by atoms with van der Waals surface area (Å²) in [4.78, 5) is 13.0. The Hall–Kier alpha value is -0.220. The number of nitrogens with zero attached hydrogens (tertiary/aromatic N) is 1. The zero-order chi connectivity index (χ0) is 9.84. The summed E-state index contributed by atoms with van der Waals surface area (Å²) in [7, 11) is 0. The lowest BCUT2D eigenvalue weighted by atomic mass is 10.0. The van der Waals surface area contributed by atoms with Gasteiger partial charge in [-0.15, -0.1) is 0 Å². The molecule has 1 saturated heterocycles. The summed E-state index contributed by atoms with van der Waals surface area (Å²) in [6.45, 7) is 3.87. The van der Waals surface area contributed by atoms with Crippen molar-refractivity contribution in [2.75, 3.05) is 25.1 Å². The third-order valence-electron chi connectivity index (χ3n) is 2.64. The molecule has 0 aliphatic carbocycles. The maximum absolute atomic E-state index is 10.9. The number of rotatable bonds is 4. The van der Waals surface area contributed by atoms with Crippen LogP contribution in [-0.2, 0) is 4.79 Å². The summed E-state index contributed by atoms with van der Waals surface area (Å²) in [5, 5.41) is 9.00. The Morgan fingerprint density at radius 3 is 2.92 bits per heavy atom. The minimum atomic E-state index is -0.661. The molecule has 1 N–H and O–H groups in total. The van der Waals surface area contributed by atoms with E-state index in [0.29, 0.717) is 5.92 Å². The minimum Gasteiger partial charge on any atom is -0.480 e. The quantitative estimate of drug-likeness (QED) is 0.744. The van der Waals surface area contributed by atoms with Crippen molar-refractivity contribution in [3.05, 3.63) is 0 Å². The van der Waals surface area contributed by atoms with Crippen LogP contribution in [0.15, 0.2) is 0 Å². The summed E-state index contributed by atoms with van der Waals surface area (Å²) in [6.07, 6.45) is 3.07. The number of hydrogen-bond acceptors (Lipinski definition) is 3. The predicted octanol–water partition coefficient (Wildman–Crippen LogP) is 1.14. The van der Waals surface area contributed by atoms with E-state index in [1.165, 1.54) is 0 Å². The largest absolute Gasteiger partial charge is 0.480 e. The number of carbonyl (C=O) groups is 1. The van der Waals surface area contributed by atoms with Gasteiger partial charge in [-0.1, -0.05) is 6.92 Å². The first-order valence-electron chi connectivity index (χ1n) is 4.62. The van der Waals surface area contributed by atoms with E-state index in [0.717, 1.165) is 25.3 Å². The Labute approximate surface area is 83.5 Å². The molecule has 2 atom stereocenters. The van der Waals surface area contributed by atoms with Crippen molar-refractivity contribution in [3.8, 4) is 0 Å². The van der Waals surface area contributed by atoms with Gasteiger partial charge in [-0.2, -0.15) is 11.8 Å². The first-order valence-corrected chi connectivity index (χ1v) is 6.02. The van der Waals surface area contributed by atoms with Crippen molar-refractivity contribution >= 4 is 17.7 Å². The van der Waals surface area contributed by atoms with Crippen LogP contribution < -0.4 is 0 Å². The highest BCUT2D eigenvalue weighted by Gasteiger charge is 2.35. The molecule has 1 heterocycles. The fraction of sp³-hybridized carbons (Fsp3) is 0.889. The zero-order valence-corrected chi connectivity index (χ0v) is 9.01. The standard InChI is InChI=1S/C9H17NO2S/c1-7-3-4-10(5-6-13-2)8(7)9(11)12/h7-8H,3-6H2,1-2H3,(H,11,12). The number of likely N-dealkylation sites (tertiary alicyclic amines) is 1. The van der Waals surface area contributed by atoms with Gasteiger partial charge in [-0.25, -0.2) is 0 Å². The minimum absolute atomic E-state index is 0.243. The second-order valence-corrected chi connectivity index (χ2v) is 4.56. The molecule has 1 rings (SSSR count). The van der Waals surface area contributed by atoms with Gasteiger partial charge in [0.1, 0.15) is 6.04 Å². The van der Waals surface area contributed by atoms with Crippen LogP contribution >= 0.6 is 11.8 Å². The van der Waals surface area contributed by atoms with E-state index in [9.17, 15) is 4.79 Å². The summed E-state index contributed by atoms with van der Waals surface area (Å²) in [5.41, 5.74) is 0. The van der Waals surface area contributed by atoms with Crippen LogP contribution in [0.2, 0.25) is 0 Å². The fourth-order valence-electron chi connectivity index (χ4n) is 1.89. The highest BCUT2D eigenvalue weighted by molar-refractivity contribution is 7.98. The Balaban J connectivity index is 2.49. The van der Waals surface area contributed by atoms with E-state index < -0.39 is 5.97 Å². The van der Waals surface area contributed by atoms with Gasteiger partial charge in [0.25, 0.3) is 0 Å². The summed E-state index contributed by atoms with van der Waals surface area (Å²) in [5.74, 6) is 0.668. The molecule has 4 heteroatoms. The van der Waals surface area contributed by atoms with Gasteiger partial charge in [0, 0.05) is 12.3 Å². The van der Waals surface area contributed by atoms with Crippen molar-refractivity contribution in [1.29, 1.82) is 0 Å². The molecule has 0 amide bonds. The van der Waals surface area contributed by atoms with Crippen molar-refractivity contribution in [1.82, 2.24) is 4.90 Å². The van der Waals surface area contributed by atoms with E-state index >= 15 is 0 Å². The molecule has 0 spiro atoms. The lowest BCUT2D eigenvalue weighted by Crippen LogP contribution is -2.40. The van der Waals surface area contributed by atoms with Crippen molar-refractivity contribution in [3.63, 3.8) is 0 Å². The van der Waals surface area contributed by atoms with Crippen LogP contribution in [0, 0.1) is 5.92 Å². The number of hydrogen-bond donors (Lipinski definition) is 1. The molecule has 1 aliphatic rings. The van der Waals surface area contributed by atoms with E-state index in [1.54, 1.807) is 11.8 Å². The lowest BCUT2D eigenvalue weighted by Gasteiger charge is -2.22. The second-order valence-electron chi connectivity index (χ2n) is 3.58. The first-order chi connectivity index (χ1) is 6.16. The molecule has 3 nitrogen and oxygen atoms in total. The van der Waals surface area contributed by atoms with Gasteiger partial charge in [0.2, 0.25) is 0 Å².